The zero-order chi connectivity index (χ0) is 20.3. The number of aliphatic imine (C=N–C) groups is 1. The number of nitrogens with one attached hydrogen (secondary N) is 3. The van der Waals surface area contributed by atoms with Crippen molar-refractivity contribution in [2.24, 2.45) is 4.99 Å². The molecule has 28 heavy (non-hydrogen) atoms. The molecule has 0 spiro atoms. The van der Waals surface area contributed by atoms with Gasteiger partial charge in [-0.2, -0.15) is 8.78 Å². The van der Waals surface area contributed by atoms with E-state index in [2.05, 4.69) is 25.7 Å². The number of rotatable bonds is 8. The largest absolute Gasteiger partial charge is 0.444 e. The van der Waals surface area contributed by atoms with Gasteiger partial charge in [-0.15, -0.1) is 24.0 Å². The minimum Gasteiger partial charge on any atom is -0.444 e. The van der Waals surface area contributed by atoms with Gasteiger partial charge in [0.25, 0.3) is 0 Å². The second-order valence-corrected chi connectivity index (χ2v) is 6.54. The number of para-hydroxylation sites is 1. The number of guanidine groups is 1. The van der Waals surface area contributed by atoms with E-state index in [4.69, 9.17) is 4.74 Å². The molecule has 0 aliphatic heterocycles. The van der Waals surface area contributed by atoms with E-state index in [9.17, 15) is 13.6 Å². The van der Waals surface area contributed by atoms with Gasteiger partial charge in [0.2, 0.25) is 0 Å². The molecule has 0 aliphatic rings. The number of benzene rings is 1. The Kier molecular flexibility index (Phi) is 12.5. The van der Waals surface area contributed by atoms with Crippen LogP contribution in [-0.2, 0) is 11.3 Å². The van der Waals surface area contributed by atoms with Crippen LogP contribution in [0.5, 0.6) is 5.75 Å². The molecule has 3 N–H and O–H groups in total. The van der Waals surface area contributed by atoms with Crippen molar-refractivity contribution in [3.8, 4) is 5.75 Å². The maximum Gasteiger partial charge on any atom is 0.407 e. The number of amides is 1. The average molecular weight is 514 g/mol. The minimum absolute atomic E-state index is 0. The third kappa shape index (κ3) is 11.8. The van der Waals surface area contributed by atoms with Crippen LogP contribution in [0.1, 0.15) is 33.3 Å². The normalized spacial score (nSPS) is 11.5. The maximum atomic E-state index is 12.5. The first kappa shape index (κ1) is 26.1. The van der Waals surface area contributed by atoms with Crippen molar-refractivity contribution in [1.82, 2.24) is 16.0 Å². The number of halogens is 3. The van der Waals surface area contributed by atoms with E-state index in [0.717, 1.165) is 0 Å². The van der Waals surface area contributed by atoms with E-state index in [1.807, 2.05) is 6.92 Å². The van der Waals surface area contributed by atoms with E-state index in [-0.39, 0.29) is 36.3 Å². The number of nitrogens with zero attached hydrogens (tertiary/aromatic N) is 1. The molecule has 0 saturated heterocycles. The van der Waals surface area contributed by atoms with Crippen molar-refractivity contribution in [2.45, 2.75) is 46.5 Å². The molecule has 1 aromatic rings. The molecule has 7 nitrogen and oxygen atoms in total. The highest BCUT2D eigenvalue weighted by Gasteiger charge is 2.15. The Balaban J connectivity index is 0.00000729. The molecule has 1 aromatic carbocycles. The number of alkyl carbamates (subject to hydrolysis) is 1. The summed E-state index contributed by atoms with van der Waals surface area (Å²) in [7, 11) is 0. The SMILES string of the molecule is CCNC(=NCc1ccccc1OC(F)F)NCCNC(=O)OC(C)(C)C.I. The molecule has 0 fully saturated rings. The smallest absolute Gasteiger partial charge is 0.407 e. The lowest BCUT2D eigenvalue weighted by Crippen LogP contribution is -2.42. The summed E-state index contributed by atoms with van der Waals surface area (Å²) in [5.41, 5.74) is -0.0106. The third-order valence-corrected chi connectivity index (χ3v) is 3.03. The quantitative estimate of drug-likeness (QED) is 0.214. The first-order chi connectivity index (χ1) is 12.7. The molecular formula is C18H29F2IN4O3. The molecule has 10 heteroatoms. The van der Waals surface area contributed by atoms with Gasteiger partial charge in [-0.3, -0.25) is 0 Å². The first-order valence-corrected chi connectivity index (χ1v) is 8.73. The second-order valence-electron chi connectivity index (χ2n) is 6.54. The fraction of sp³-hybridized carbons (Fsp3) is 0.556. The highest BCUT2D eigenvalue weighted by Crippen LogP contribution is 2.20. The van der Waals surface area contributed by atoms with Crippen molar-refractivity contribution >= 4 is 36.0 Å². The highest BCUT2D eigenvalue weighted by atomic mass is 127. The Morgan fingerprint density at radius 3 is 2.39 bits per heavy atom. The van der Waals surface area contributed by atoms with Gasteiger partial charge in [0.1, 0.15) is 11.4 Å². The highest BCUT2D eigenvalue weighted by molar-refractivity contribution is 14.0. The topological polar surface area (TPSA) is 84.0 Å². The van der Waals surface area contributed by atoms with Gasteiger partial charge in [-0.25, -0.2) is 9.79 Å². The fourth-order valence-electron chi connectivity index (χ4n) is 2.01. The number of carbonyl (C=O) groups is 1. The summed E-state index contributed by atoms with van der Waals surface area (Å²) in [6.07, 6.45) is -0.496. The van der Waals surface area contributed by atoms with Crippen LogP contribution in [0.15, 0.2) is 29.3 Å². The molecule has 0 bridgehead atoms. The Morgan fingerprint density at radius 1 is 1.14 bits per heavy atom. The molecule has 0 saturated carbocycles. The molecule has 1 rings (SSSR count). The lowest BCUT2D eigenvalue weighted by Gasteiger charge is -2.20. The molecule has 0 aromatic heterocycles. The Hall–Kier alpha value is -1.85. The number of ether oxygens (including phenoxy) is 2. The second kappa shape index (κ2) is 13.3. The van der Waals surface area contributed by atoms with Gasteiger partial charge in [-0.05, 0) is 33.8 Å². The molecule has 160 valence electrons. The standard InChI is InChI=1S/C18H28F2N4O3.HI/c1-5-21-16(22-10-11-23-17(25)27-18(2,3)4)24-12-13-8-6-7-9-14(13)26-15(19)20;/h6-9,15H,5,10-12H2,1-4H3,(H,23,25)(H2,21,22,24);1H. The Morgan fingerprint density at radius 2 is 1.79 bits per heavy atom. The number of hydrogen-bond donors (Lipinski definition) is 3. The summed E-state index contributed by atoms with van der Waals surface area (Å²) < 4.78 is 34.6. The van der Waals surface area contributed by atoms with Gasteiger partial charge < -0.3 is 25.4 Å². The van der Waals surface area contributed by atoms with Crippen LogP contribution in [-0.4, -0.2) is 43.9 Å². The monoisotopic (exact) mass is 514 g/mol. The molecular weight excluding hydrogens is 485 g/mol. The molecule has 0 unspecified atom stereocenters. The summed E-state index contributed by atoms with van der Waals surface area (Å²) in [6, 6.07) is 6.50. The van der Waals surface area contributed by atoms with Crippen LogP contribution in [0.25, 0.3) is 0 Å². The van der Waals surface area contributed by atoms with E-state index < -0.39 is 18.3 Å². The van der Waals surface area contributed by atoms with Gasteiger partial charge in [0.05, 0.1) is 6.54 Å². The van der Waals surface area contributed by atoms with E-state index in [1.165, 1.54) is 6.07 Å². The Bertz CT molecular complexity index is 625. The molecule has 0 heterocycles. The zero-order valence-corrected chi connectivity index (χ0v) is 18.9. The molecule has 0 radical (unpaired) electrons. The number of alkyl halides is 2. The molecule has 1 amide bonds. The van der Waals surface area contributed by atoms with Gasteiger partial charge in [0.15, 0.2) is 5.96 Å². The van der Waals surface area contributed by atoms with Crippen LogP contribution in [0, 0.1) is 0 Å². The summed E-state index contributed by atoms with van der Waals surface area (Å²) in [5.74, 6) is 0.592. The van der Waals surface area contributed by atoms with Crippen molar-refractivity contribution in [3.05, 3.63) is 29.8 Å². The number of hydrogen-bond acceptors (Lipinski definition) is 4. The Labute approximate surface area is 181 Å². The maximum absolute atomic E-state index is 12.5. The van der Waals surface area contributed by atoms with Crippen molar-refractivity contribution in [3.63, 3.8) is 0 Å². The first-order valence-electron chi connectivity index (χ1n) is 8.73. The van der Waals surface area contributed by atoms with E-state index in [1.54, 1.807) is 39.0 Å². The van der Waals surface area contributed by atoms with Gasteiger partial charge in [-0.1, -0.05) is 18.2 Å². The van der Waals surface area contributed by atoms with Crippen LogP contribution < -0.4 is 20.7 Å². The van der Waals surface area contributed by atoms with Gasteiger partial charge in [0, 0.05) is 25.2 Å². The van der Waals surface area contributed by atoms with Crippen molar-refractivity contribution < 1.29 is 23.0 Å². The molecule has 0 aliphatic carbocycles. The van der Waals surface area contributed by atoms with Crippen LogP contribution in [0.2, 0.25) is 0 Å². The summed E-state index contributed by atoms with van der Waals surface area (Å²) in [6.45, 7) is 5.93. The predicted octanol–water partition coefficient (Wildman–Crippen LogP) is 3.49. The van der Waals surface area contributed by atoms with E-state index >= 15 is 0 Å². The van der Waals surface area contributed by atoms with Crippen LogP contribution in [0.3, 0.4) is 0 Å². The summed E-state index contributed by atoms with van der Waals surface area (Å²) in [4.78, 5) is 15.9. The van der Waals surface area contributed by atoms with Crippen molar-refractivity contribution in [1.29, 1.82) is 0 Å². The van der Waals surface area contributed by atoms with E-state index in [0.29, 0.717) is 31.2 Å². The average Bonchev–Trinajstić information content (AvgIpc) is 2.55. The van der Waals surface area contributed by atoms with Crippen molar-refractivity contribution in [2.75, 3.05) is 19.6 Å². The zero-order valence-electron chi connectivity index (χ0n) is 16.6. The predicted molar refractivity (Wildman–Crippen MR) is 116 cm³/mol. The summed E-state index contributed by atoms with van der Waals surface area (Å²) >= 11 is 0. The van der Waals surface area contributed by atoms with Crippen LogP contribution >= 0.6 is 24.0 Å². The van der Waals surface area contributed by atoms with Gasteiger partial charge >= 0.3 is 12.7 Å². The third-order valence-electron chi connectivity index (χ3n) is 3.03. The summed E-state index contributed by atoms with van der Waals surface area (Å²) in [5, 5.41) is 8.73. The van der Waals surface area contributed by atoms with Crippen LogP contribution in [0.4, 0.5) is 13.6 Å². The lowest BCUT2D eigenvalue weighted by atomic mass is 10.2. The lowest BCUT2D eigenvalue weighted by molar-refractivity contribution is -0.0504. The fourth-order valence-corrected chi connectivity index (χ4v) is 2.01. The molecule has 0 atom stereocenters. The number of carbonyl (C=O) groups excluding carboxylic acids is 1. The minimum atomic E-state index is -2.89.